The lowest BCUT2D eigenvalue weighted by Gasteiger charge is -2.12. The summed E-state index contributed by atoms with van der Waals surface area (Å²) in [5.41, 5.74) is 2.27. The Bertz CT molecular complexity index is 596. The first-order chi connectivity index (χ1) is 10.1. The maximum atomic E-state index is 6.14. The maximum Gasteiger partial charge on any atom is 0.147 e. The Morgan fingerprint density at radius 3 is 2.38 bits per heavy atom. The molecule has 0 heterocycles. The molecule has 0 unspecified atom stereocenters. The fourth-order valence-electron chi connectivity index (χ4n) is 1.98. The van der Waals surface area contributed by atoms with Gasteiger partial charge in [-0.15, -0.1) is 0 Å². The Hall–Kier alpha value is -0.550. The number of benzene rings is 2. The van der Waals surface area contributed by atoms with Crippen LogP contribution in [0.15, 0.2) is 45.3 Å². The second-order valence-electron chi connectivity index (χ2n) is 4.52. The van der Waals surface area contributed by atoms with Gasteiger partial charge in [0.05, 0.1) is 15.6 Å². The van der Waals surface area contributed by atoms with Crippen molar-refractivity contribution in [3.05, 3.63) is 61.5 Å². The zero-order chi connectivity index (χ0) is 15.2. The fraction of sp³-hybridized carbons (Fsp3) is 0.250. The smallest absolute Gasteiger partial charge is 0.147 e. The highest BCUT2D eigenvalue weighted by molar-refractivity contribution is 9.11. The van der Waals surface area contributed by atoms with Gasteiger partial charge in [-0.05, 0) is 68.1 Å². The first kappa shape index (κ1) is 16.8. The molecular formula is C16H16Br2ClNO. The topological polar surface area (TPSA) is 21.3 Å². The van der Waals surface area contributed by atoms with Gasteiger partial charge in [0.2, 0.25) is 0 Å². The normalized spacial score (nSPS) is 10.7. The number of nitrogens with one attached hydrogen (secondary N) is 1. The summed E-state index contributed by atoms with van der Waals surface area (Å²) in [4.78, 5) is 0. The molecule has 112 valence electrons. The average molecular weight is 434 g/mol. The maximum absolute atomic E-state index is 6.14. The van der Waals surface area contributed by atoms with Crippen LogP contribution in [0.1, 0.15) is 18.1 Å². The summed E-state index contributed by atoms with van der Waals surface area (Å²) in [6, 6.07) is 12.0. The molecular weight excluding hydrogens is 417 g/mol. The predicted molar refractivity (Wildman–Crippen MR) is 95.0 cm³/mol. The Kier molecular flexibility index (Phi) is 6.55. The summed E-state index contributed by atoms with van der Waals surface area (Å²) in [7, 11) is 0. The Morgan fingerprint density at radius 1 is 1.10 bits per heavy atom. The van der Waals surface area contributed by atoms with Gasteiger partial charge < -0.3 is 10.1 Å². The van der Waals surface area contributed by atoms with Crippen LogP contribution in [0.5, 0.6) is 5.75 Å². The van der Waals surface area contributed by atoms with Crippen molar-refractivity contribution in [1.29, 1.82) is 0 Å². The standard InChI is InChI=1S/C16H16Br2ClNO/c1-2-21-16-13(17)7-11(8-14(16)18)9-20-10-12-5-3-4-6-15(12)19/h3-8,20H,2,9-10H2,1H3. The van der Waals surface area contributed by atoms with Crippen LogP contribution in [0.25, 0.3) is 0 Å². The molecule has 0 saturated heterocycles. The van der Waals surface area contributed by atoms with Crippen LogP contribution in [-0.4, -0.2) is 6.61 Å². The van der Waals surface area contributed by atoms with E-state index in [1.165, 1.54) is 5.56 Å². The van der Waals surface area contributed by atoms with Gasteiger partial charge in [0, 0.05) is 18.1 Å². The lowest BCUT2D eigenvalue weighted by molar-refractivity contribution is 0.336. The summed E-state index contributed by atoms with van der Waals surface area (Å²) in [6.07, 6.45) is 0. The van der Waals surface area contributed by atoms with E-state index in [0.29, 0.717) is 6.61 Å². The minimum absolute atomic E-state index is 0.640. The van der Waals surface area contributed by atoms with Gasteiger partial charge in [0.15, 0.2) is 0 Å². The first-order valence-corrected chi connectivity index (χ1v) is 8.63. The third-order valence-corrected chi connectivity index (χ3v) is 4.50. The second kappa shape index (κ2) is 8.18. The zero-order valence-corrected chi connectivity index (χ0v) is 15.6. The summed E-state index contributed by atoms with van der Waals surface area (Å²) in [5.74, 6) is 0.840. The highest BCUT2D eigenvalue weighted by Gasteiger charge is 2.08. The molecule has 2 nitrogen and oxygen atoms in total. The molecule has 0 aliphatic rings. The van der Waals surface area contributed by atoms with E-state index in [-0.39, 0.29) is 0 Å². The Balaban J connectivity index is 1.99. The molecule has 0 spiro atoms. The number of hydrogen-bond acceptors (Lipinski definition) is 2. The van der Waals surface area contributed by atoms with Crippen LogP contribution in [0.4, 0.5) is 0 Å². The van der Waals surface area contributed by atoms with Gasteiger partial charge in [0.25, 0.3) is 0 Å². The molecule has 0 atom stereocenters. The largest absolute Gasteiger partial charge is 0.492 e. The highest BCUT2D eigenvalue weighted by atomic mass is 79.9. The Morgan fingerprint density at radius 2 is 1.76 bits per heavy atom. The van der Waals surface area contributed by atoms with Crippen LogP contribution < -0.4 is 10.1 Å². The van der Waals surface area contributed by atoms with Crippen molar-refractivity contribution in [2.24, 2.45) is 0 Å². The number of ether oxygens (including phenoxy) is 1. The molecule has 2 rings (SSSR count). The third-order valence-electron chi connectivity index (χ3n) is 2.95. The van der Waals surface area contributed by atoms with E-state index in [4.69, 9.17) is 16.3 Å². The van der Waals surface area contributed by atoms with Gasteiger partial charge in [-0.3, -0.25) is 0 Å². The van der Waals surface area contributed by atoms with Crippen molar-refractivity contribution in [1.82, 2.24) is 5.32 Å². The second-order valence-corrected chi connectivity index (χ2v) is 6.63. The van der Waals surface area contributed by atoms with E-state index in [0.717, 1.165) is 38.4 Å². The summed E-state index contributed by atoms with van der Waals surface area (Å²) >= 11 is 13.2. The number of hydrogen-bond donors (Lipinski definition) is 1. The van der Waals surface area contributed by atoms with Crippen LogP contribution in [-0.2, 0) is 13.1 Å². The van der Waals surface area contributed by atoms with E-state index < -0.39 is 0 Å². The summed E-state index contributed by atoms with van der Waals surface area (Å²) < 4.78 is 7.48. The molecule has 0 saturated carbocycles. The SMILES string of the molecule is CCOc1c(Br)cc(CNCc2ccccc2Cl)cc1Br. The minimum Gasteiger partial charge on any atom is -0.492 e. The van der Waals surface area contributed by atoms with Crippen molar-refractivity contribution in [2.45, 2.75) is 20.0 Å². The van der Waals surface area contributed by atoms with Gasteiger partial charge in [0.1, 0.15) is 5.75 Å². The van der Waals surface area contributed by atoms with E-state index in [1.54, 1.807) is 0 Å². The van der Waals surface area contributed by atoms with Crippen LogP contribution >= 0.6 is 43.5 Å². The summed E-state index contributed by atoms with van der Waals surface area (Å²) in [6.45, 7) is 4.11. The third kappa shape index (κ3) is 4.71. The molecule has 1 N–H and O–H groups in total. The lowest BCUT2D eigenvalue weighted by atomic mass is 10.2. The fourth-order valence-corrected chi connectivity index (χ4v) is 3.69. The monoisotopic (exact) mass is 431 g/mol. The van der Waals surface area contributed by atoms with Gasteiger partial charge in [-0.2, -0.15) is 0 Å². The molecule has 0 radical (unpaired) electrons. The van der Waals surface area contributed by atoms with E-state index in [9.17, 15) is 0 Å². The number of halogens is 3. The molecule has 0 fully saturated rings. The lowest BCUT2D eigenvalue weighted by Crippen LogP contribution is -2.13. The van der Waals surface area contributed by atoms with Crippen molar-refractivity contribution in [3.63, 3.8) is 0 Å². The molecule has 0 aromatic heterocycles. The zero-order valence-electron chi connectivity index (χ0n) is 11.6. The van der Waals surface area contributed by atoms with Crippen molar-refractivity contribution >= 4 is 43.5 Å². The van der Waals surface area contributed by atoms with E-state index >= 15 is 0 Å². The quantitative estimate of drug-likeness (QED) is 0.645. The molecule has 2 aromatic carbocycles. The summed E-state index contributed by atoms with van der Waals surface area (Å²) in [5, 5.41) is 4.19. The van der Waals surface area contributed by atoms with Gasteiger partial charge in [-0.1, -0.05) is 29.8 Å². The van der Waals surface area contributed by atoms with Crippen molar-refractivity contribution in [2.75, 3.05) is 6.61 Å². The predicted octanol–water partition coefficient (Wildman–Crippen LogP) is 5.55. The van der Waals surface area contributed by atoms with E-state index in [2.05, 4.69) is 49.3 Å². The van der Waals surface area contributed by atoms with Crippen LogP contribution in [0.2, 0.25) is 5.02 Å². The van der Waals surface area contributed by atoms with Crippen molar-refractivity contribution in [3.8, 4) is 5.75 Å². The first-order valence-electron chi connectivity index (χ1n) is 6.66. The molecule has 0 bridgehead atoms. The van der Waals surface area contributed by atoms with E-state index in [1.807, 2.05) is 31.2 Å². The minimum atomic E-state index is 0.640. The van der Waals surface area contributed by atoms with Gasteiger partial charge in [-0.25, -0.2) is 0 Å². The number of rotatable bonds is 6. The Labute approximate surface area is 147 Å². The molecule has 0 amide bonds. The molecule has 0 aliphatic heterocycles. The molecule has 5 heteroatoms. The van der Waals surface area contributed by atoms with Crippen LogP contribution in [0, 0.1) is 0 Å². The highest BCUT2D eigenvalue weighted by Crippen LogP contribution is 2.34. The average Bonchev–Trinajstić information content (AvgIpc) is 2.45. The molecule has 0 aliphatic carbocycles. The molecule has 2 aromatic rings. The van der Waals surface area contributed by atoms with Gasteiger partial charge >= 0.3 is 0 Å². The molecule has 21 heavy (non-hydrogen) atoms. The van der Waals surface area contributed by atoms with Crippen LogP contribution in [0.3, 0.4) is 0 Å². The van der Waals surface area contributed by atoms with Crippen molar-refractivity contribution < 1.29 is 4.74 Å².